The van der Waals surface area contributed by atoms with Gasteiger partial charge in [0, 0.05) is 38.5 Å². The van der Waals surface area contributed by atoms with E-state index in [-0.39, 0.29) is 5.91 Å². The lowest BCUT2D eigenvalue weighted by Crippen LogP contribution is -2.45. The highest BCUT2D eigenvalue weighted by Crippen LogP contribution is 2.30. The second-order valence-corrected chi connectivity index (χ2v) is 18.2. The summed E-state index contributed by atoms with van der Waals surface area (Å²) in [6.45, 7) is 14.0. The fraction of sp³-hybridized carbons (Fsp3) is 0.452. The number of fused-ring (bicyclic) bond motifs is 1. The molecule has 0 bridgehead atoms. The number of aromatic nitrogens is 1. The Balaban J connectivity index is 1.38. The highest BCUT2D eigenvalue weighted by atomic mass is 28.3. The molecule has 10 heteroatoms. The number of amides is 2. The average Bonchev–Trinajstić information content (AvgIpc) is 3.51. The molecule has 0 saturated carbocycles. The number of anilines is 1. The number of rotatable bonds is 9. The van der Waals surface area contributed by atoms with E-state index in [2.05, 4.69) is 31.0 Å². The zero-order chi connectivity index (χ0) is 29.8. The highest BCUT2D eigenvalue weighted by molar-refractivity contribution is 6.76. The smallest absolute Gasteiger partial charge is 0.410 e. The molecule has 1 N–H and O–H groups in total. The first kappa shape index (κ1) is 30.2. The molecule has 41 heavy (non-hydrogen) atoms. The van der Waals surface area contributed by atoms with Crippen LogP contribution in [0.3, 0.4) is 0 Å². The predicted octanol–water partition coefficient (Wildman–Crippen LogP) is 6.96. The average molecular weight is 577 g/mol. The van der Waals surface area contributed by atoms with Crippen LogP contribution in [0.1, 0.15) is 39.2 Å². The van der Waals surface area contributed by atoms with Gasteiger partial charge in [-0.3, -0.25) is 9.69 Å². The van der Waals surface area contributed by atoms with Crippen LogP contribution in [0.5, 0.6) is 11.5 Å². The topological polar surface area (TPSA) is 106 Å². The van der Waals surface area contributed by atoms with Crippen LogP contribution in [0.4, 0.5) is 10.5 Å². The van der Waals surface area contributed by atoms with Gasteiger partial charge in [0.05, 0.1) is 11.1 Å². The summed E-state index contributed by atoms with van der Waals surface area (Å²) in [6, 6.07) is 15.5. The molecule has 218 valence electrons. The van der Waals surface area contributed by atoms with Crippen molar-refractivity contribution in [1.82, 2.24) is 9.47 Å². The zero-order valence-electron chi connectivity index (χ0n) is 24.8. The van der Waals surface area contributed by atoms with Crippen LogP contribution in [0.25, 0.3) is 10.9 Å². The normalized spacial score (nSPS) is 15.5. The van der Waals surface area contributed by atoms with Crippen LogP contribution >= 0.6 is 0 Å². The van der Waals surface area contributed by atoms with Gasteiger partial charge >= 0.3 is 6.09 Å². The van der Waals surface area contributed by atoms with Crippen LogP contribution in [-0.2, 0) is 21.0 Å². The lowest BCUT2D eigenvalue weighted by molar-refractivity contribution is -0.120. The first-order valence-electron chi connectivity index (χ1n) is 14.0. The summed E-state index contributed by atoms with van der Waals surface area (Å²) >= 11 is 0. The van der Waals surface area contributed by atoms with Crippen LogP contribution < -0.4 is 10.1 Å². The number of likely N-dealkylation sites (tertiary alicyclic amines) is 1. The van der Waals surface area contributed by atoms with Crippen LogP contribution in [0.15, 0.2) is 48.7 Å². The van der Waals surface area contributed by atoms with E-state index in [1.165, 1.54) is 4.90 Å². The van der Waals surface area contributed by atoms with Gasteiger partial charge in [-0.05, 0) is 82.1 Å². The summed E-state index contributed by atoms with van der Waals surface area (Å²) in [6.07, 6.45) is 2.68. The Morgan fingerprint density at radius 3 is 2.46 bits per heavy atom. The molecular formula is C31H40N4O5Si. The van der Waals surface area contributed by atoms with Crippen molar-refractivity contribution in [3.63, 3.8) is 0 Å². The maximum absolute atomic E-state index is 13.0. The molecule has 1 atom stereocenters. The molecular weight excluding hydrogens is 536 g/mol. The molecule has 2 amide bonds. The Bertz CT molecular complexity index is 1430. The summed E-state index contributed by atoms with van der Waals surface area (Å²) in [5, 5.41) is 13.4. The van der Waals surface area contributed by atoms with Crippen molar-refractivity contribution in [2.75, 3.05) is 18.5 Å². The highest BCUT2D eigenvalue weighted by Gasteiger charge is 2.36. The second-order valence-electron chi connectivity index (χ2n) is 12.6. The first-order chi connectivity index (χ1) is 19.3. The minimum atomic E-state index is -1.17. The van der Waals surface area contributed by atoms with Crippen molar-refractivity contribution in [3.05, 3.63) is 54.2 Å². The summed E-state index contributed by atoms with van der Waals surface area (Å²) in [7, 11) is -1.17. The number of hydrogen-bond acceptors (Lipinski definition) is 6. The van der Waals surface area contributed by atoms with Gasteiger partial charge in [0.15, 0.2) is 0 Å². The lowest BCUT2D eigenvalue weighted by Gasteiger charge is -2.28. The van der Waals surface area contributed by atoms with Crippen LogP contribution in [0.2, 0.25) is 25.7 Å². The second kappa shape index (κ2) is 12.4. The van der Waals surface area contributed by atoms with E-state index in [0.717, 1.165) is 23.4 Å². The number of ether oxygens (including phenoxy) is 3. The van der Waals surface area contributed by atoms with Gasteiger partial charge in [-0.1, -0.05) is 19.6 Å². The SMILES string of the molecule is CC(C)(C)OC(=O)N1CCC[C@H]1C(=O)Nc1ccc(Oc2ccc3c(c2)c(C#N)cn3COCC[Si](C)(C)C)cc1. The summed E-state index contributed by atoms with van der Waals surface area (Å²) in [5.74, 6) is 0.943. The molecule has 2 aromatic carbocycles. The third kappa shape index (κ3) is 8.12. The predicted molar refractivity (Wildman–Crippen MR) is 162 cm³/mol. The van der Waals surface area contributed by atoms with E-state index in [9.17, 15) is 14.9 Å². The molecule has 1 aromatic heterocycles. The van der Waals surface area contributed by atoms with Gasteiger partial charge in [0.1, 0.15) is 35.9 Å². The Hall–Kier alpha value is -3.81. The Kier molecular flexibility index (Phi) is 9.10. The van der Waals surface area contributed by atoms with Crippen molar-refractivity contribution >= 4 is 36.7 Å². The van der Waals surface area contributed by atoms with Crippen molar-refractivity contribution in [3.8, 4) is 17.6 Å². The fourth-order valence-electron chi connectivity index (χ4n) is 4.62. The van der Waals surface area contributed by atoms with E-state index in [4.69, 9.17) is 14.2 Å². The number of carbonyl (C=O) groups excluding carboxylic acids is 2. The number of nitrogens with zero attached hydrogens (tertiary/aromatic N) is 3. The van der Waals surface area contributed by atoms with Crippen LogP contribution in [-0.4, -0.2) is 54.3 Å². The van der Waals surface area contributed by atoms with E-state index < -0.39 is 25.8 Å². The standard InChI is InChI=1S/C31H40N4O5Si/c1-31(2,3)40-30(37)35-15-7-8-28(35)29(36)33-23-9-11-24(12-10-23)39-25-13-14-27-26(18-25)22(19-32)20-34(27)21-38-16-17-41(4,5)6/h9-14,18,20,28H,7-8,15-17,21H2,1-6H3,(H,33,36)/t28-/m0/s1. The quantitative estimate of drug-likeness (QED) is 0.218. The summed E-state index contributed by atoms with van der Waals surface area (Å²) in [5.41, 5.74) is 1.45. The minimum absolute atomic E-state index is 0.245. The van der Waals surface area contributed by atoms with Crippen molar-refractivity contribution in [1.29, 1.82) is 5.26 Å². The molecule has 1 aliphatic heterocycles. The van der Waals surface area contributed by atoms with E-state index in [1.54, 1.807) is 24.3 Å². The molecule has 1 saturated heterocycles. The minimum Gasteiger partial charge on any atom is -0.457 e. The molecule has 1 aliphatic rings. The van der Waals surface area contributed by atoms with Gasteiger partial charge in [-0.2, -0.15) is 5.26 Å². The van der Waals surface area contributed by atoms with Crippen molar-refractivity contribution < 1.29 is 23.8 Å². The molecule has 1 fully saturated rings. The molecule has 9 nitrogen and oxygen atoms in total. The Labute approximate surface area is 243 Å². The monoisotopic (exact) mass is 576 g/mol. The lowest BCUT2D eigenvalue weighted by atomic mass is 10.2. The van der Waals surface area contributed by atoms with Crippen LogP contribution in [0, 0.1) is 11.3 Å². The van der Waals surface area contributed by atoms with Gasteiger partial charge < -0.3 is 24.1 Å². The molecule has 4 rings (SSSR count). The fourth-order valence-corrected chi connectivity index (χ4v) is 5.38. The van der Waals surface area contributed by atoms with E-state index in [0.29, 0.717) is 49.1 Å². The van der Waals surface area contributed by atoms with E-state index >= 15 is 0 Å². The van der Waals surface area contributed by atoms with E-state index in [1.807, 2.05) is 49.7 Å². The molecule has 0 unspecified atom stereocenters. The van der Waals surface area contributed by atoms with Gasteiger partial charge in [-0.15, -0.1) is 0 Å². The number of hydrogen-bond donors (Lipinski definition) is 1. The third-order valence-corrected chi connectivity index (χ3v) is 8.44. The van der Waals surface area contributed by atoms with Gasteiger partial charge in [0.25, 0.3) is 0 Å². The molecule has 2 heterocycles. The molecule has 0 aliphatic carbocycles. The zero-order valence-corrected chi connectivity index (χ0v) is 25.8. The number of benzene rings is 2. The van der Waals surface area contributed by atoms with Crippen molar-refractivity contribution in [2.45, 2.75) is 77.7 Å². The van der Waals surface area contributed by atoms with Crippen molar-refractivity contribution in [2.24, 2.45) is 0 Å². The largest absolute Gasteiger partial charge is 0.457 e. The Morgan fingerprint density at radius 2 is 1.80 bits per heavy atom. The maximum atomic E-state index is 13.0. The van der Waals surface area contributed by atoms with Gasteiger partial charge in [0.2, 0.25) is 5.91 Å². The summed E-state index contributed by atoms with van der Waals surface area (Å²) < 4.78 is 19.4. The first-order valence-corrected chi connectivity index (χ1v) is 17.7. The molecule has 0 radical (unpaired) electrons. The number of nitriles is 1. The Morgan fingerprint density at radius 1 is 1.10 bits per heavy atom. The molecule has 3 aromatic rings. The van der Waals surface area contributed by atoms with Gasteiger partial charge in [-0.25, -0.2) is 4.79 Å². The third-order valence-electron chi connectivity index (χ3n) is 6.74. The molecule has 0 spiro atoms. The number of nitrogens with one attached hydrogen (secondary N) is 1. The maximum Gasteiger partial charge on any atom is 0.410 e. The number of carbonyl (C=O) groups is 2. The summed E-state index contributed by atoms with van der Waals surface area (Å²) in [4.78, 5) is 27.0.